The van der Waals surface area contributed by atoms with Gasteiger partial charge >= 0.3 is 29.6 Å². The smallest absolute Gasteiger partial charge is 0.768 e. The van der Waals surface area contributed by atoms with Crippen molar-refractivity contribution in [1.82, 2.24) is 0 Å². The molecule has 2 aromatic rings. The van der Waals surface area contributed by atoms with Gasteiger partial charge < -0.3 is 4.55 Å². The normalized spacial score (nSPS) is 12.5. The van der Waals surface area contributed by atoms with Gasteiger partial charge in [-0.1, -0.05) is 18.2 Å². The van der Waals surface area contributed by atoms with E-state index in [2.05, 4.69) is 0 Å². The molecule has 5 heteroatoms. The molecule has 1 heterocycles. The largest absolute Gasteiger partial charge is 1.00 e. The monoisotopic (exact) mass is 248 g/mol. The molecular formula is C10H9NaO2S2. The number of hydrogen-bond donors (Lipinski definition) is 0. The van der Waals surface area contributed by atoms with Gasteiger partial charge in [0.05, 0.1) is 0 Å². The van der Waals surface area contributed by atoms with Crippen LogP contribution in [0, 0.1) is 13.8 Å². The molecule has 1 aromatic heterocycles. The topological polar surface area (TPSA) is 40.1 Å². The molecule has 0 saturated heterocycles. The van der Waals surface area contributed by atoms with Crippen molar-refractivity contribution in [3.8, 4) is 0 Å². The first-order chi connectivity index (χ1) is 6.61. The van der Waals surface area contributed by atoms with Crippen LogP contribution >= 0.6 is 11.3 Å². The second kappa shape index (κ2) is 5.08. The van der Waals surface area contributed by atoms with Crippen LogP contribution < -0.4 is 29.6 Å². The Kier molecular flexibility index (Phi) is 4.52. The summed E-state index contributed by atoms with van der Waals surface area (Å²) < 4.78 is 23.1. The van der Waals surface area contributed by atoms with E-state index >= 15 is 0 Å². The van der Waals surface area contributed by atoms with Gasteiger partial charge in [-0.2, -0.15) is 0 Å². The van der Waals surface area contributed by atoms with Crippen LogP contribution in [-0.4, -0.2) is 8.76 Å². The molecule has 0 fully saturated rings. The molecule has 0 bridgehead atoms. The fraction of sp³-hybridized carbons (Fsp3) is 0.200. The van der Waals surface area contributed by atoms with Crippen molar-refractivity contribution in [3.63, 3.8) is 0 Å². The maximum absolute atomic E-state index is 11.0. The summed E-state index contributed by atoms with van der Waals surface area (Å²) >= 11 is -0.591. The summed E-state index contributed by atoms with van der Waals surface area (Å²) in [5, 5.41) is 0.848. The second-order valence-electron chi connectivity index (χ2n) is 3.17. The van der Waals surface area contributed by atoms with Crippen molar-refractivity contribution in [2.24, 2.45) is 0 Å². The van der Waals surface area contributed by atoms with E-state index in [0.717, 1.165) is 20.5 Å². The van der Waals surface area contributed by atoms with E-state index in [9.17, 15) is 8.76 Å². The minimum Gasteiger partial charge on any atom is -0.768 e. The van der Waals surface area contributed by atoms with Crippen LogP contribution in [0.5, 0.6) is 0 Å². The Hall–Kier alpha value is 0.290. The molecule has 1 aromatic carbocycles. The molecule has 0 spiro atoms. The fourth-order valence-electron chi connectivity index (χ4n) is 1.56. The number of rotatable bonds is 1. The molecule has 0 aliphatic carbocycles. The number of thiophene rings is 1. The molecule has 2 nitrogen and oxygen atoms in total. The Bertz CT molecular complexity index is 519. The molecule has 0 aliphatic heterocycles. The molecule has 0 amide bonds. The van der Waals surface area contributed by atoms with Crippen molar-refractivity contribution < 1.29 is 38.3 Å². The van der Waals surface area contributed by atoms with Crippen LogP contribution in [0.3, 0.4) is 0 Å². The summed E-state index contributed by atoms with van der Waals surface area (Å²) in [5.74, 6) is 0. The fourth-order valence-corrected chi connectivity index (χ4v) is 3.56. The second-order valence-corrected chi connectivity index (χ2v) is 5.28. The number of aryl methyl sites for hydroxylation is 2. The van der Waals surface area contributed by atoms with Crippen LogP contribution in [0.15, 0.2) is 23.1 Å². The zero-order chi connectivity index (χ0) is 10.3. The molecule has 1 atom stereocenters. The van der Waals surface area contributed by atoms with Gasteiger partial charge in [0.25, 0.3) is 0 Å². The number of benzene rings is 1. The summed E-state index contributed by atoms with van der Waals surface area (Å²) in [6.45, 7) is 3.84. The summed E-state index contributed by atoms with van der Waals surface area (Å²) in [6.07, 6.45) is 0. The van der Waals surface area contributed by atoms with E-state index < -0.39 is 11.1 Å². The van der Waals surface area contributed by atoms with Crippen LogP contribution in [0.2, 0.25) is 0 Å². The predicted molar refractivity (Wildman–Crippen MR) is 58.5 cm³/mol. The van der Waals surface area contributed by atoms with Crippen molar-refractivity contribution in [3.05, 3.63) is 28.6 Å². The van der Waals surface area contributed by atoms with E-state index in [1.165, 1.54) is 0 Å². The average molecular weight is 248 g/mol. The van der Waals surface area contributed by atoms with Gasteiger partial charge in [-0.25, -0.2) is 0 Å². The third kappa shape index (κ3) is 2.35. The first kappa shape index (κ1) is 13.4. The first-order valence-electron chi connectivity index (χ1n) is 4.19. The van der Waals surface area contributed by atoms with Gasteiger partial charge in [-0.3, -0.25) is 4.21 Å². The van der Waals surface area contributed by atoms with Crippen LogP contribution in [-0.2, 0) is 11.1 Å². The number of hydrogen-bond acceptors (Lipinski definition) is 3. The molecule has 1 unspecified atom stereocenters. The molecule has 0 radical (unpaired) electrons. The summed E-state index contributed by atoms with van der Waals surface area (Å²) in [5.41, 5.74) is 1.13. The van der Waals surface area contributed by atoms with Gasteiger partial charge in [0.2, 0.25) is 0 Å². The van der Waals surface area contributed by atoms with Gasteiger partial charge in [-0.05, 0) is 30.5 Å². The van der Waals surface area contributed by atoms with Crippen molar-refractivity contribution >= 4 is 32.5 Å². The summed E-state index contributed by atoms with van der Waals surface area (Å²) in [6, 6.07) is 5.74. The Labute approximate surface area is 117 Å². The Morgan fingerprint density at radius 3 is 2.60 bits per heavy atom. The SMILES string of the molecule is Cc1sc2c(C)cccc2c1S(=O)[O-].[Na+]. The average Bonchev–Trinajstić information content (AvgIpc) is 2.42. The minimum atomic E-state index is -2.13. The third-order valence-corrected chi connectivity index (χ3v) is 4.44. The van der Waals surface area contributed by atoms with E-state index in [4.69, 9.17) is 0 Å². The summed E-state index contributed by atoms with van der Waals surface area (Å²) in [4.78, 5) is 1.32. The Balaban J connectivity index is 0.00000112. The Morgan fingerprint density at radius 1 is 1.33 bits per heavy atom. The van der Waals surface area contributed by atoms with Gasteiger partial charge in [0.1, 0.15) is 0 Å². The maximum atomic E-state index is 11.0. The molecular weight excluding hydrogens is 239 g/mol. The third-order valence-electron chi connectivity index (χ3n) is 2.20. The van der Waals surface area contributed by atoms with E-state index in [-0.39, 0.29) is 29.6 Å². The van der Waals surface area contributed by atoms with Crippen molar-refractivity contribution in [2.75, 3.05) is 0 Å². The molecule has 0 saturated carbocycles. The minimum absolute atomic E-state index is 0. The molecule has 2 rings (SSSR count). The Morgan fingerprint density at radius 2 is 2.00 bits per heavy atom. The zero-order valence-electron chi connectivity index (χ0n) is 8.87. The van der Waals surface area contributed by atoms with Crippen molar-refractivity contribution in [2.45, 2.75) is 18.7 Å². The quantitative estimate of drug-likeness (QED) is 0.516. The molecule has 15 heavy (non-hydrogen) atoms. The van der Waals surface area contributed by atoms with Gasteiger partial charge in [-0.15, -0.1) is 11.3 Å². The summed E-state index contributed by atoms with van der Waals surface area (Å²) in [7, 11) is 0. The maximum Gasteiger partial charge on any atom is 1.00 e. The standard InChI is InChI=1S/C10H10O2S2.Na/c1-6-4-3-5-8-9(6)13-7(2)10(8)14(11)12;/h3-5H,1-2H3,(H,11,12);/q;+1/p-1. The van der Waals surface area contributed by atoms with Gasteiger partial charge in [0, 0.05) is 19.9 Å². The van der Waals surface area contributed by atoms with Crippen molar-refractivity contribution in [1.29, 1.82) is 0 Å². The molecule has 0 aliphatic rings. The van der Waals surface area contributed by atoms with E-state index in [0.29, 0.717) is 4.90 Å². The van der Waals surface area contributed by atoms with Crippen LogP contribution in [0.4, 0.5) is 0 Å². The van der Waals surface area contributed by atoms with E-state index in [1.807, 2.05) is 32.0 Å². The van der Waals surface area contributed by atoms with Crippen LogP contribution in [0.25, 0.3) is 10.1 Å². The molecule has 74 valence electrons. The first-order valence-corrected chi connectivity index (χ1v) is 6.08. The van der Waals surface area contributed by atoms with E-state index in [1.54, 1.807) is 11.3 Å². The zero-order valence-corrected chi connectivity index (χ0v) is 12.5. The van der Waals surface area contributed by atoms with Crippen LogP contribution in [0.1, 0.15) is 10.4 Å². The number of fused-ring (bicyclic) bond motifs is 1. The molecule has 0 N–H and O–H groups in total. The van der Waals surface area contributed by atoms with Gasteiger partial charge in [0.15, 0.2) is 0 Å². The predicted octanol–water partition coefficient (Wildman–Crippen LogP) is -0.240.